The molecule has 0 spiro atoms. The van der Waals surface area contributed by atoms with Gasteiger partial charge in [0.2, 0.25) is 0 Å². The molecule has 38 heavy (non-hydrogen) atoms. The molecule has 2 heterocycles. The summed E-state index contributed by atoms with van der Waals surface area (Å²) in [6.45, 7) is 0. The Hall–Kier alpha value is -5.10. The summed E-state index contributed by atoms with van der Waals surface area (Å²) in [5, 5.41) is 13.8. The summed E-state index contributed by atoms with van der Waals surface area (Å²) in [4.78, 5) is 16.1. The summed E-state index contributed by atoms with van der Waals surface area (Å²) < 4.78 is 0. The Bertz CT molecular complexity index is 1620. The Morgan fingerprint density at radius 2 is 1.58 bits per heavy atom. The molecular weight excluding hydrogens is 470 g/mol. The van der Waals surface area contributed by atoms with Gasteiger partial charge in [-0.2, -0.15) is 10.2 Å². The van der Waals surface area contributed by atoms with Gasteiger partial charge in [-0.15, -0.1) is 0 Å². The first-order valence-electron chi connectivity index (χ1n) is 12.5. The molecule has 0 saturated heterocycles. The van der Waals surface area contributed by atoms with Crippen LogP contribution in [0.5, 0.6) is 0 Å². The lowest BCUT2D eigenvalue weighted by Gasteiger charge is -2.25. The lowest BCUT2D eigenvalue weighted by Crippen LogP contribution is -2.19. The summed E-state index contributed by atoms with van der Waals surface area (Å²) in [6, 6.07) is 36.7. The monoisotopic (exact) mass is 495 g/mol. The summed E-state index contributed by atoms with van der Waals surface area (Å²) in [5.41, 5.74) is 8.38. The van der Waals surface area contributed by atoms with Gasteiger partial charge >= 0.3 is 0 Å². The van der Waals surface area contributed by atoms with Crippen molar-refractivity contribution in [1.29, 1.82) is 0 Å². The minimum Gasteiger partial charge on any atom is -0.267 e. The van der Waals surface area contributed by atoms with Crippen LogP contribution in [-0.4, -0.2) is 22.8 Å². The molecule has 0 aliphatic carbocycles. The van der Waals surface area contributed by atoms with Gasteiger partial charge in [-0.25, -0.2) is 5.43 Å². The van der Waals surface area contributed by atoms with Gasteiger partial charge in [0.25, 0.3) is 5.91 Å². The van der Waals surface area contributed by atoms with Crippen LogP contribution in [0.4, 0.5) is 5.69 Å². The number of amides is 1. The van der Waals surface area contributed by atoms with Gasteiger partial charge in [0.15, 0.2) is 0 Å². The first-order valence-corrected chi connectivity index (χ1v) is 12.5. The molecule has 1 aliphatic rings. The van der Waals surface area contributed by atoms with E-state index >= 15 is 0 Å². The van der Waals surface area contributed by atoms with Gasteiger partial charge in [0.05, 0.1) is 23.7 Å². The molecule has 0 radical (unpaired) electrons. The van der Waals surface area contributed by atoms with Crippen molar-refractivity contribution in [2.45, 2.75) is 12.5 Å². The van der Waals surface area contributed by atoms with Crippen LogP contribution < -0.4 is 10.4 Å². The molecule has 0 saturated carbocycles. The normalized spacial score (nSPS) is 15.1. The predicted molar refractivity (Wildman–Crippen MR) is 153 cm³/mol. The van der Waals surface area contributed by atoms with E-state index in [0.29, 0.717) is 5.56 Å². The molecule has 6 heteroatoms. The number of fused-ring (bicyclic) bond motifs is 1. The Labute approximate surface area is 221 Å². The fraction of sp³-hybridized carbons (Fsp3) is 0.0625. The number of nitrogens with zero attached hydrogens (tertiary/aromatic N) is 4. The zero-order valence-electron chi connectivity index (χ0n) is 20.6. The summed E-state index contributed by atoms with van der Waals surface area (Å²) in [6.07, 6.45) is 5.59. The third kappa shape index (κ3) is 4.80. The van der Waals surface area contributed by atoms with E-state index in [0.717, 1.165) is 28.9 Å². The molecule has 0 fully saturated rings. The fourth-order valence-electron chi connectivity index (χ4n) is 4.78. The van der Waals surface area contributed by atoms with Gasteiger partial charge < -0.3 is 0 Å². The third-order valence-electron chi connectivity index (χ3n) is 6.68. The SMILES string of the molecule is O=C(NN=Cc1ccc(N2N=C(c3ccccc3)CC2c2cccc3ccccc23)cc1)c1ccncc1. The number of hydrogen-bond acceptors (Lipinski definition) is 5. The highest BCUT2D eigenvalue weighted by Crippen LogP contribution is 2.39. The van der Waals surface area contributed by atoms with E-state index in [9.17, 15) is 4.79 Å². The molecule has 1 amide bonds. The highest BCUT2D eigenvalue weighted by molar-refractivity contribution is 6.04. The number of pyridine rings is 1. The second kappa shape index (κ2) is 10.5. The highest BCUT2D eigenvalue weighted by Gasteiger charge is 2.30. The maximum absolute atomic E-state index is 12.2. The number of rotatable bonds is 6. The summed E-state index contributed by atoms with van der Waals surface area (Å²) in [7, 11) is 0. The maximum Gasteiger partial charge on any atom is 0.271 e. The average Bonchev–Trinajstić information content (AvgIpc) is 3.43. The van der Waals surface area contributed by atoms with Crippen molar-refractivity contribution >= 4 is 34.3 Å². The molecule has 1 aromatic heterocycles. The van der Waals surface area contributed by atoms with Crippen LogP contribution in [0.2, 0.25) is 0 Å². The van der Waals surface area contributed by atoms with E-state index in [1.165, 1.54) is 16.3 Å². The van der Waals surface area contributed by atoms with Crippen molar-refractivity contribution in [2.75, 3.05) is 5.01 Å². The van der Waals surface area contributed by atoms with Crippen LogP contribution in [0.1, 0.15) is 39.5 Å². The van der Waals surface area contributed by atoms with Gasteiger partial charge in [-0.3, -0.25) is 14.8 Å². The number of nitrogens with one attached hydrogen (secondary N) is 1. The van der Waals surface area contributed by atoms with Gasteiger partial charge in [-0.05, 0) is 51.7 Å². The molecule has 0 bridgehead atoms. The number of hydrogen-bond donors (Lipinski definition) is 1. The average molecular weight is 496 g/mol. The molecule has 1 aliphatic heterocycles. The molecule has 1 unspecified atom stereocenters. The largest absolute Gasteiger partial charge is 0.271 e. The second-order valence-electron chi connectivity index (χ2n) is 9.07. The molecule has 1 atom stereocenters. The Morgan fingerprint density at radius 3 is 2.39 bits per heavy atom. The zero-order chi connectivity index (χ0) is 25.7. The molecule has 1 N–H and O–H groups in total. The molecule has 6 rings (SSSR count). The third-order valence-corrected chi connectivity index (χ3v) is 6.68. The second-order valence-corrected chi connectivity index (χ2v) is 9.07. The van der Waals surface area contributed by atoms with Crippen LogP contribution in [-0.2, 0) is 0 Å². The molecule has 4 aromatic carbocycles. The topological polar surface area (TPSA) is 70.0 Å². The van der Waals surface area contributed by atoms with Gasteiger partial charge in [-0.1, -0.05) is 84.9 Å². The van der Waals surface area contributed by atoms with Crippen LogP contribution in [0.15, 0.2) is 132 Å². The minimum absolute atomic E-state index is 0.0653. The lowest BCUT2D eigenvalue weighted by molar-refractivity contribution is 0.0955. The molecular formula is C32H25N5O. The van der Waals surface area contributed by atoms with Crippen LogP contribution in [0.3, 0.4) is 0 Å². The number of aromatic nitrogens is 1. The molecule has 6 nitrogen and oxygen atoms in total. The number of carbonyl (C=O) groups excluding carboxylic acids is 1. The van der Waals surface area contributed by atoms with E-state index in [1.807, 2.05) is 30.3 Å². The van der Waals surface area contributed by atoms with Gasteiger partial charge in [0.1, 0.15) is 0 Å². The maximum atomic E-state index is 12.2. The van der Waals surface area contributed by atoms with Crippen molar-refractivity contribution in [3.05, 3.63) is 144 Å². The quantitative estimate of drug-likeness (QED) is 0.220. The van der Waals surface area contributed by atoms with Crippen molar-refractivity contribution in [3.8, 4) is 0 Å². The van der Waals surface area contributed by atoms with Crippen molar-refractivity contribution < 1.29 is 4.79 Å². The number of hydrazone groups is 2. The zero-order valence-corrected chi connectivity index (χ0v) is 20.6. The van der Waals surface area contributed by atoms with E-state index in [2.05, 4.69) is 87.3 Å². The number of benzene rings is 4. The summed E-state index contributed by atoms with van der Waals surface area (Å²) >= 11 is 0. The number of carbonyl (C=O) groups is 1. The van der Waals surface area contributed by atoms with E-state index in [1.54, 1.807) is 30.7 Å². The van der Waals surface area contributed by atoms with Crippen LogP contribution >= 0.6 is 0 Å². The fourth-order valence-corrected chi connectivity index (χ4v) is 4.78. The van der Waals surface area contributed by atoms with E-state index in [4.69, 9.17) is 5.10 Å². The predicted octanol–water partition coefficient (Wildman–Crippen LogP) is 6.35. The van der Waals surface area contributed by atoms with Crippen molar-refractivity contribution in [3.63, 3.8) is 0 Å². The van der Waals surface area contributed by atoms with Crippen molar-refractivity contribution in [1.82, 2.24) is 10.4 Å². The van der Waals surface area contributed by atoms with Gasteiger partial charge in [0, 0.05) is 24.4 Å². The first-order chi connectivity index (χ1) is 18.8. The smallest absolute Gasteiger partial charge is 0.267 e. The molecule has 184 valence electrons. The summed E-state index contributed by atoms with van der Waals surface area (Å²) in [5.74, 6) is -0.280. The van der Waals surface area contributed by atoms with Crippen LogP contribution in [0.25, 0.3) is 10.8 Å². The van der Waals surface area contributed by atoms with Crippen molar-refractivity contribution in [2.24, 2.45) is 10.2 Å². The minimum atomic E-state index is -0.280. The standard InChI is InChI=1S/C32H25N5O/c38-32(26-17-19-33-20-18-26)35-34-22-23-13-15-27(16-14-23)37-31(21-30(36-37)25-8-2-1-3-9-25)29-12-6-10-24-7-4-5-11-28(24)29/h1-20,22,31H,21H2,(H,35,38). The molecule has 5 aromatic rings. The Kier molecular flexibility index (Phi) is 6.43. The van der Waals surface area contributed by atoms with Crippen LogP contribution in [0, 0.1) is 0 Å². The van der Waals surface area contributed by atoms with E-state index in [-0.39, 0.29) is 11.9 Å². The Morgan fingerprint density at radius 1 is 0.842 bits per heavy atom. The van der Waals surface area contributed by atoms with E-state index < -0.39 is 0 Å². The first kappa shape index (κ1) is 23.3. The lowest BCUT2D eigenvalue weighted by atomic mass is 9.94. The Balaban J connectivity index is 1.28. The highest BCUT2D eigenvalue weighted by atomic mass is 16.2. The number of anilines is 1.